The lowest BCUT2D eigenvalue weighted by molar-refractivity contribution is 0.670. The molecule has 0 unspecified atom stereocenters. The Morgan fingerprint density at radius 3 is 1.60 bits per heavy atom. The third-order valence-corrected chi connectivity index (χ3v) is 10.4. The Hall–Kier alpha value is -6.96. The fourth-order valence-electron chi connectivity index (χ4n) is 8.13. The summed E-state index contributed by atoms with van der Waals surface area (Å²) in [4.78, 5) is 0. The SMILES string of the molecule is [2H]c1c([2H])c([2H])c(-c2c3ccccc3c(-c3ccc4c(-c5ccc6c(c5)oc5c(-c7c([2H])c([2H])c([2H])c([2H])c7[2H])cccc56)cc5ccccc5c4c3)c3ccccc23)c([2H])c1[2H]. The molecule has 11 aromatic rings. The van der Waals surface area contributed by atoms with E-state index in [-0.39, 0.29) is 47.4 Å². The van der Waals surface area contributed by atoms with Crippen molar-refractivity contribution in [3.63, 3.8) is 0 Å². The lowest BCUT2D eigenvalue weighted by atomic mass is 9.85. The van der Waals surface area contributed by atoms with Gasteiger partial charge < -0.3 is 4.42 Å². The molecule has 1 nitrogen and oxygen atoms in total. The molecule has 0 aliphatic carbocycles. The van der Waals surface area contributed by atoms with Crippen molar-refractivity contribution in [2.75, 3.05) is 0 Å². The van der Waals surface area contributed by atoms with E-state index in [9.17, 15) is 0 Å². The van der Waals surface area contributed by atoms with Gasteiger partial charge in [-0.1, -0.05) is 170 Å². The van der Waals surface area contributed by atoms with Crippen molar-refractivity contribution in [3.05, 3.63) is 194 Å². The Kier molecular flexibility index (Phi) is 4.77. The monoisotopic (exact) mass is 682 g/mol. The first-order chi connectivity index (χ1) is 30.4. The molecule has 0 aliphatic rings. The standard InChI is InChI=1S/C52H32O/c1-3-14-33(15-4-1)39-24-13-25-46-41-29-26-36(32-49(41)53-52(39)46)47-30-35-18-7-8-19-38(35)48-31-37(27-28-40(47)48)51-44-22-11-9-20-42(44)50(34-16-5-2-6-17-34)43-21-10-12-23-45(43)51/h1-32H/i1D,2D,3D,4D,5D,6D,14D,15D,16D,17D. The molecule has 1 heteroatoms. The molecule has 1 heterocycles. The minimum absolute atomic E-state index is 0.0893. The predicted octanol–water partition coefficient (Wildman–Crippen LogP) is 14.9. The minimum Gasteiger partial charge on any atom is -0.455 e. The van der Waals surface area contributed by atoms with E-state index in [0.717, 1.165) is 76.1 Å². The minimum atomic E-state index is -0.448. The molecule has 0 amide bonds. The average Bonchev–Trinajstić information content (AvgIpc) is 3.69. The molecule has 0 radical (unpaired) electrons. The first kappa shape index (κ1) is 21.4. The zero-order valence-corrected chi connectivity index (χ0v) is 28.1. The summed E-state index contributed by atoms with van der Waals surface area (Å²) in [5, 5.41) is 9.06. The Labute approximate surface area is 321 Å². The molecule has 53 heavy (non-hydrogen) atoms. The number of rotatable bonds is 4. The topological polar surface area (TPSA) is 13.1 Å². The molecule has 10 aromatic carbocycles. The maximum Gasteiger partial charge on any atom is 0.143 e. The van der Waals surface area contributed by atoms with Gasteiger partial charge in [0.1, 0.15) is 11.2 Å². The molecule has 0 saturated carbocycles. The molecule has 0 bridgehead atoms. The van der Waals surface area contributed by atoms with Crippen molar-refractivity contribution in [1.82, 2.24) is 0 Å². The Balaban J connectivity index is 1.13. The zero-order chi connectivity index (χ0) is 43.6. The summed E-state index contributed by atoms with van der Waals surface area (Å²) in [6.45, 7) is 0. The molecule has 1 aromatic heterocycles. The molecular weight excluding hydrogens is 641 g/mol. The van der Waals surface area contributed by atoms with E-state index in [4.69, 9.17) is 18.1 Å². The van der Waals surface area contributed by atoms with Crippen molar-refractivity contribution in [2.45, 2.75) is 0 Å². The van der Waals surface area contributed by atoms with Crippen LogP contribution in [0.15, 0.2) is 198 Å². The Bertz CT molecular complexity index is 3700. The quantitative estimate of drug-likeness (QED) is 0.133. The summed E-state index contributed by atoms with van der Waals surface area (Å²) in [6.07, 6.45) is 0. The van der Waals surface area contributed by atoms with E-state index >= 15 is 0 Å². The van der Waals surface area contributed by atoms with Crippen LogP contribution in [0.4, 0.5) is 0 Å². The summed E-state index contributed by atoms with van der Waals surface area (Å²) in [6, 6.07) is 40.6. The van der Waals surface area contributed by atoms with Gasteiger partial charge in [-0.05, 0) is 106 Å². The smallest absolute Gasteiger partial charge is 0.143 e. The van der Waals surface area contributed by atoms with Crippen LogP contribution in [0.25, 0.3) is 110 Å². The van der Waals surface area contributed by atoms with Crippen molar-refractivity contribution in [1.29, 1.82) is 0 Å². The van der Waals surface area contributed by atoms with E-state index in [1.807, 2.05) is 84.9 Å². The van der Waals surface area contributed by atoms with Crippen molar-refractivity contribution >= 4 is 65.0 Å². The summed E-state index contributed by atoms with van der Waals surface area (Å²) in [5.74, 6) is 0. The third-order valence-electron chi connectivity index (χ3n) is 10.4. The average molecular weight is 683 g/mol. The molecule has 11 rings (SSSR count). The van der Waals surface area contributed by atoms with Crippen LogP contribution in [-0.2, 0) is 0 Å². The number of benzene rings is 10. The van der Waals surface area contributed by atoms with Crippen LogP contribution < -0.4 is 0 Å². The summed E-state index contributed by atoms with van der Waals surface area (Å²) >= 11 is 0. The first-order valence-electron chi connectivity index (χ1n) is 22.4. The molecule has 0 spiro atoms. The molecular formula is C52H32O. The second-order valence-electron chi connectivity index (χ2n) is 13.2. The third kappa shape index (κ3) is 4.64. The highest BCUT2D eigenvalue weighted by atomic mass is 16.3. The molecule has 0 fully saturated rings. The van der Waals surface area contributed by atoms with Crippen LogP contribution in [0.1, 0.15) is 13.7 Å². The van der Waals surface area contributed by atoms with Crippen LogP contribution in [0.3, 0.4) is 0 Å². The second kappa shape index (κ2) is 11.8. The maximum absolute atomic E-state index is 8.94. The van der Waals surface area contributed by atoms with Gasteiger partial charge in [0.25, 0.3) is 0 Å². The van der Waals surface area contributed by atoms with E-state index in [1.54, 1.807) is 6.07 Å². The van der Waals surface area contributed by atoms with Gasteiger partial charge in [0, 0.05) is 16.3 Å². The maximum atomic E-state index is 8.94. The lowest BCUT2D eigenvalue weighted by Gasteiger charge is -2.19. The molecule has 0 N–H and O–H groups in total. The van der Waals surface area contributed by atoms with Crippen molar-refractivity contribution in [2.24, 2.45) is 0 Å². The first-order valence-corrected chi connectivity index (χ1v) is 17.4. The normalized spacial score (nSPS) is 14.4. The van der Waals surface area contributed by atoms with Gasteiger partial charge in [-0.2, -0.15) is 0 Å². The fraction of sp³-hybridized carbons (Fsp3) is 0. The zero-order valence-electron chi connectivity index (χ0n) is 38.1. The largest absolute Gasteiger partial charge is 0.455 e. The van der Waals surface area contributed by atoms with Gasteiger partial charge >= 0.3 is 0 Å². The number of para-hydroxylation sites is 1. The Morgan fingerprint density at radius 1 is 0.340 bits per heavy atom. The van der Waals surface area contributed by atoms with Crippen LogP contribution in [0.2, 0.25) is 0 Å². The number of fused-ring (bicyclic) bond motifs is 8. The van der Waals surface area contributed by atoms with Gasteiger partial charge in [-0.25, -0.2) is 0 Å². The number of hydrogen-bond donors (Lipinski definition) is 0. The van der Waals surface area contributed by atoms with E-state index < -0.39 is 24.2 Å². The van der Waals surface area contributed by atoms with Gasteiger partial charge in [-0.15, -0.1) is 0 Å². The highest BCUT2D eigenvalue weighted by molar-refractivity contribution is 6.23. The van der Waals surface area contributed by atoms with E-state index in [2.05, 4.69) is 42.5 Å². The molecule has 246 valence electrons. The van der Waals surface area contributed by atoms with Gasteiger partial charge in [0.2, 0.25) is 0 Å². The fourth-order valence-corrected chi connectivity index (χ4v) is 8.13. The summed E-state index contributed by atoms with van der Waals surface area (Å²) < 4.78 is 91.7. The van der Waals surface area contributed by atoms with Gasteiger partial charge in [-0.3, -0.25) is 0 Å². The molecule has 0 aliphatic heterocycles. The van der Waals surface area contributed by atoms with Crippen molar-refractivity contribution < 1.29 is 18.1 Å². The summed E-state index contributed by atoms with van der Waals surface area (Å²) in [7, 11) is 0. The molecule has 0 saturated heterocycles. The van der Waals surface area contributed by atoms with E-state index in [1.165, 1.54) is 0 Å². The van der Waals surface area contributed by atoms with Crippen LogP contribution in [0.5, 0.6) is 0 Å². The van der Waals surface area contributed by atoms with Gasteiger partial charge in [0.15, 0.2) is 0 Å². The predicted molar refractivity (Wildman–Crippen MR) is 225 cm³/mol. The van der Waals surface area contributed by atoms with Crippen molar-refractivity contribution in [3.8, 4) is 44.5 Å². The van der Waals surface area contributed by atoms with Crippen LogP contribution >= 0.6 is 0 Å². The highest BCUT2D eigenvalue weighted by Gasteiger charge is 2.19. The highest BCUT2D eigenvalue weighted by Crippen LogP contribution is 2.46. The number of furan rings is 1. The number of hydrogen-bond acceptors (Lipinski definition) is 1. The lowest BCUT2D eigenvalue weighted by Crippen LogP contribution is -1.91. The van der Waals surface area contributed by atoms with Crippen LogP contribution in [-0.4, -0.2) is 0 Å². The summed E-state index contributed by atoms with van der Waals surface area (Å²) in [5.41, 5.74) is 6.12. The van der Waals surface area contributed by atoms with Gasteiger partial charge in [0.05, 0.1) is 13.7 Å². The second-order valence-corrected chi connectivity index (χ2v) is 13.2. The van der Waals surface area contributed by atoms with E-state index in [0.29, 0.717) is 22.3 Å². The molecule has 0 atom stereocenters. The Morgan fingerprint density at radius 2 is 0.906 bits per heavy atom. The van der Waals surface area contributed by atoms with Crippen LogP contribution in [0, 0.1) is 0 Å².